The second-order valence-corrected chi connectivity index (χ2v) is 7.78. The Kier molecular flexibility index (Phi) is 4.98. The molecule has 0 radical (unpaired) electrons. The molecule has 0 saturated carbocycles. The number of alkyl halides is 2. The van der Waals surface area contributed by atoms with Gasteiger partial charge in [-0.25, -0.2) is 17.2 Å². The van der Waals surface area contributed by atoms with Gasteiger partial charge in [0, 0.05) is 6.42 Å². The summed E-state index contributed by atoms with van der Waals surface area (Å²) in [5.74, 6) is -3.46. The van der Waals surface area contributed by atoms with E-state index >= 15 is 0 Å². The molecule has 9 heteroatoms. The minimum absolute atomic E-state index is 0. The standard InChI is InChI=1S/C14H16F2N2O3S.ClH/c15-14(16)7-11(17-8-14)13(19)18-10-5-6-22(20,21)12-4-2-1-3-9(10)12;/h1-4,10-11,17H,5-8H2,(H,18,19);1H. The molecular formula is C14H17ClF2N2O3S. The predicted octanol–water partition coefficient (Wildman–Crippen LogP) is 1.44. The quantitative estimate of drug-likeness (QED) is 0.830. The summed E-state index contributed by atoms with van der Waals surface area (Å²) >= 11 is 0. The highest BCUT2D eigenvalue weighted by molar-refractivity contribution is 7.91. The second kappa shape index (κ2) is 6.33. The lowest BCUT2D eigenvalue weighted by atomic mass is 10.0. The highest BCUT2D eigenvalue weighted by atomic mass is 35.5. The molecule has 23 heavy (non-hydrogen) atoms. The van der Waals surface area contributed by atoms with Gasteiger partial charge in [0.15, 0.2) is 9.84 Å². The van der Waals surface area contributed by atoms with E-state index in [1.54, 1.807) is 18.2 Å². The summed E-state index contributed by atoms with van der Waals surface area (Å²) < 4.78 is 50.3. The van der Waals surface area contributed by atoms with Gasteiger partial charge in [-0.3, -0.25) is 10.1 Å². The summed E-state index contributed by atoms with van der Waals surface area (Å²) in [5, 5.41) is 5.19. The van der Waals surface area contributed by atoms with Crippen LogP contribution >= 0.6 is 12.4 Å². The van der Waals surface area contributed by atoms with Gasteiger partial charge in [0.1, 0.15) is 0 Å². The Morgan fingerprint density at radius 2 is 2.00 bits per heavy atom. The summed E-state index contributed by atoms with van der Waals surface area (Å²) in [5.41, 5.74) is 0.520. The molecule has 2 aliphatic rings. The number of hydrogen-bond donors (Lipinski definition) is 2. The molecule has 2 aliphatic heterocycles. The Balaban J connectivity index is 0.00000192. The number of carbonyl (C=O) groups is 1. The third kappa shape index (κ3) is 3.64. The maximum absolute atomic E-state index is 13.2. The fraction of sp³-hybridized carbons (Fsp3) is 0.500. The Hall–Kier alpha value is -1.25. The van der Waals surface area contributed by atoms with Crippen LogP contribution in [0.3, 0.4) is 0 Å². The molecule has 2 heterocycles. The second-order valence-electron chi connectivity index (χ2n) is 5.70. The van der Waals surface area contributed by atoms with Crippen molar-refractivity contribution in [2.45, 2.75) is 35.7 Å². The number of carbonyl (C=O) groups excluding carboxylic acids is 1. The van der Waals surface area contributed by atoms with Crippen molar-refractivity contribution in [1.82, 2.24) is 10.6 Å². The molecule has 2 atom stereocenters. The minimum Gasteiger partial charge on any atom is -0.348 e. The van der Waals surface area contributed by atoms with Crippen LogP contribution in [0.4, 0.5) is 8.78 Å². The van der Waals surface area contributed by atoms with Crippen molar-refractivity contribution in [3.05, 3.63) is 29.8 Å². The molecule has 5 nitrogen and oxygen atoms in total. The summed E-state index contributed by atoms with van der Waals surface area (Å²) in [7, 11) is -3.34. The Bertz CT molecular complexity index is 712. The molecule has 1 aromatic rings. The van der Waals surface area contributed by atoms with Crippen LogP contribution < -0.4 is 10.6 Å². The number of sulfone groups is 1. The zero-order valence-electron chi connectivity index (χ0n) is 12.1. The van der Waals surface area contributed by atoms with Crippen molar-refractivity contribution in [2.75, 3.05) is 12.3 Å². The van der Waals surface area contributed by atoms with E-state index in [1.165, 1.54) is 6.07 Å². The summed E-state index contributed by atoms with van der Waals surface area (Å²) in [6.45, 7) is -0.513. The molecule has 1 fully saturated rings. The first-order chi connectivity index (χ1) is 10.3. The number of halogens is 3. The molecule has 2 N–H and O–H groups in total. The fourth-order valence-electron chi connectivity index (χ4n) is 2.91. The minimum atomic E-state index is -3.34. The first-order valence-electron chi connectivity index (χ1n) is 7.02. The molecule has 0 aromatic heterocycles. The fourth-order valence-corrected chi connectivity index (χ4v) is 4.53. The van der Waals surface area contributed by atoms with E-state index < -0.39 is 46.7 Å². The van der Waals surface area contributed by atoms with Gasteiger partial charge >= 0.3 is 0 Å². The lowest BCUT2D eigenvalue weighted by Crippen LogP contribution is -2.43. The number of fused-ring (bicyclic) bond motifs is 1. The van der Waals surface area contributed by atoms with Crippen LogP contribution in [0, 0.1) is 0 Å². The average molecular weight is 367 g/mol. The zero-order chi connectivity index (χ0) is 16.0. The first-order valence-corrected chi connectivity index (χ1v) is 8.67. The summed E-state index contributed by atoms with van der Waals surface area (Å²) in [6, 6.07) is 5.06. The molecule has 1 aromatic carbocycles. The molecule has 1 saturated heterocycles. The molecule has 2 unspecified atom stereocenters. The van der Waals surface area contributed by atoms with Crippen LogP contribution in [-0.2, 0) is 14.6 Å². The van der Waals surface area contributed by atoms with E-state index in [0.717, 1.165) is 0 Å². The largest absolute Gasteiger partial charge is 0.348 e. The van der Waals surface area contributed by atoms with Crippen molar-refractivity contribution in [3.8, 4) is 0 Å². The maximum Gasteiger partial charge on any atom is 0.262 e. The molecule has 1 amide bonds. The van der Waals surface area contributed by atoms with Crippen molar-refractivity contribution in [2.24, 2.45) is 0 Å². The molecular weight excluding hydrogens is 350 g/mol. The van der Waals surface area contributed by atoms with Gasteiger partial charge in [0.2, 0.25) is 5.91 Å². The van der Waals surface area contributed by atoms with Gasteiger partial charge in [0.05, 0.1) is 29.3 Å². The Morgan fingerprint density at radius 1 is 1.30 bits per heavy atom. The smallest absolute Gasteiger partial charge is 0.262 e. The summed E-state index contributed by atoms with van der Waals surface area (Å²) in [6.07, 6.45) is -0.292. The van der Waals surface area contributed by atoms with Gasteiger partial charge in [-0.15, -0.1) is 12.4 Å². The average Bonchev–Trinajstić information content (AvgIpc) is 2.83. The van der Waals surface area contributed by atoms with Crippen LogP contribution in [0.15, 0.2) is 29.2 Å². The Labute approximate surface area is 139 Å². The molecule has 3 rings (SSSR count). The van der Waals surface area contributed by atoms with Crippen LogP contribution in [0.2, 0.25) is 0 Å². The van der Waals surface area contributed by atoms with E-state index in [4.69, 9.17) is 0 Å². The van der Waals surface area contributed by atoms with Crippen molar-refractivity contribution >= 4 is 28.2 Å². The van der Waals surface area contributed by atoms with E-state index in [1.807, 2.05) is 0 Å². The monoisotopic (exact) mass is 366 g/mol. The third-order valence-corrected chi connectivity index (χ3v) is 5.86. The SMILES string of the molecule is Cl.O=C(NC1CCS(=O)(=O)c2ccccc21)C1CC(F)(F)CN1. The predicted molar refractivity (Wildman–Crippen MR) is 82.6 cm³/mol. The lowest BCUT2D eigenvalue weighted by Gasteiger charge is -2.27. The third-order valence-electron chi connectivity index (χ3n) is 4.05. The number of hydrogen-bond acceptors (Lipinski definition) is 4. The number of benzene rings is 1. The number of rotatable bonds is 2. The van der Waals surface area contributed by atoms with Gasteiger partial charge in [-0.05, 0) is 18.1 Å². The van der Waals surface area contributed by atoms with E-state index in [9.17, 15) is 22.0 Å². The molecule has 0 spiro atoms. The van der Waals surface area contributed by atoms with Crippen LogP contribution in [0.5, 0.6) is 0 Å². The van der Waals surface area contributed by atoms with Crippen molar-refractivity contribution in [1.29, 1.82) is 0 Å². The lowest BCUT2D eigenvalue weighted by molar-refractivity contribution is -0.124. The zero-order valence-corrected chi connectivity index (χ0v) is 13.7. The van der Waals surface area contributed by atoms with Crippen LogP contribution in [-0.4, -0.2) is 38.6 Å². The van der Waals surface area contributed by atoms with E-state index in [0.29, 0.717) is 5.56 Å². The van der Waals surface area contributed by atoms with Gasteiger partial charge in [0.25, 0.3) is 5.92 Å². The highest BCUT2D eigenvalue weighted by Gasteiger charge is 2.43. The van der Waals surface area contributed by atoms with Gasteiger partial charge in [-0.1, -0.05) is 18.2 Å². The summed E-state index contributed by atoms with van der Waals surface area (Å²) in [4.78, 5) is 12.3. The molecule has 0 bridgehead atoms. The molecule has 128 valence electrons. The van der Waals surface area contributed by atoms with Gasteiger partial charge < -0.3 is 5.32 Å². The van der Waals surface area contributed by atoms with Crippen molar-refractivity contribution in [3.63, 3.8) is 0 Å². The highest BCUT2D eigenvalue weighted by Crippen LogP contribution is 2.32. The Morgan fingerprint density at radius 3 is 2.65 bits per heavy atom. The van der Waals surface area contributed by atoms with Crippen molar-refractivity contribution < 1.29 is 22.0 Å². The van der Waals surface area contributed by atoms with E-state index in [-0.39, 0.29) is 29.5 Å². The van der Waals surface area contributed by atoms with E-state index in [2.05, 4.69) is 10.6 Å². The normalized spacial score (nSPS) is 27.6. The van der Waals surface area contributed by atoms with Crippen LogP contribution in [0.1, 0.15) is 24.4 Å². The molecule has 0 aliphatic carbocycles. The van der Waals surface area contributed by atoms with Gasteiger partial charge in [-0.2, -0.15) is 0 Å². The first kappa shape index (κ1) is 18.1. The topological polar surface area (TPSA) is 75.3 Å². The van der Waals surface area contributed by atoms with Crippen LogP contribution in [0.25, 0.3) is 0 Å². The maximum atomic E-state index is 13.2. The number of amides is 1. The number of nitrogens with one attached hydrogen (secondary N) is 2.